The maximum Gasteiger partial charge on any atom is 0.0359 e. The van der Waals surface area contributed by atoms with E-state index in [1.54, 1.807) is 0 Å². The van der Waals surface area contributed by atoms with Gasteiger partial charge in [0.05, 0.1) is 0 Å². The molecule has 0 amide bonds. The second-order valence-corrected chi connectivity index (χ2v) is 4.73. The molecule has 0 aliphatic heterocycles. The maximum absolute atomic E-state index is 3.53. The van der Waals surface area contributed by atoms with E-state index in [2.05, 4.69) is 35.3 Å². The molecule has 1 fully saturated rings. The summed E-state index contributed by atoms with van der Waals surface area (Å²) in [6.07, 6.45) is 9.32. The van der Waals surface area contributed by atoms with Crippen LogP contribution in [0.2, 0.25) is 0 Å². The summed E-state index contributed by atoms with van der Waals surface area (Å²) in [5, 5.41) is 3.53. The van der Waals surface area contributed by atoms with Gasteiger partial charge in [-0.05, 0) is 31.0 Å². The van der Waals surface area contributed by atoms with Crippen LogP contribution in [0.3, 0.4) is 0 Å². The van der Waals surface area contributed by atoms with Crippen LogP contribution in [0.25, 0.3) is 0 Å². The first-order valence-corrected chi connectivity index (χ1v) is 6.17. The molecule has 1 aromatic heterocycles. The zero-order valence-corrected chi connectivity index (χ0v) is 9.71. The molecule has 2 heteroatoms. The van der Waals surface area contributed by atoms with Crippen molar-refractivity contribution in [2.24, 2.45) is 13.0 Å². The van der Waals surface area contributed by atoms with Gasteiger partial charge in [-0.15, -0.1) is 0 Å². The summed E-state index contributed by atoms with van der Waals surface area (Å²) < 4.78 is 2.18. The Balaban J connectivity index is 1.60. The van der Waals surface area contributed by atoms with Crippen LogP contribution in [0.1, 0.15) is 37.8 Å². The number of aryl methyl sites for hydroxylation is 1. The van der Waals surface area contributed by atoms with Crippen molar-refractivity contribution in [3.63, 3.8) is 0 Å². The molecule has 1 aliphatic carbocycles. The molecule has 0 radical (unpaired) electrons. The SMILES string of the molecule is Cn1cccc1CNCCC1CCCC1. The van der Waals surface area contributed by atoms with E-state index in [4.69, 9.17) is 0 Å². The highest BCUT2D eigenvalue weighted by Crippen LogP contribution is 2.26. The van der Waals surface area contributed by atoms with Crippen molar-refractivity contribution in [2.45, 2.75) is 38.6 Å². The van der Waals surface area contributed by atoms with Crippen molar-refractivity contribution in [3.05, 3.63) is 24.0 Å². The first-order valence-electron chi connectivity index (χ1n) is 6.17. The smallest absolute Gasteiger partial charge is 0.0359 e. The minimum atomic E-state index is 1.01. The second kappa shape index (κ2) is 5.36. The molecule has 1 saturated carbocycles. The minimum absolute atomic E-state index is 1.01. The van der Waals surface area contributed by atoms with Gasteiger partial charge >= 0.3 is 0 Å². The van der Waals surface area contributed by atoms with Crippen LogP contribution in [-0.2, 0) is 13.6 Å². The van der Waals surface area contributed by atoms with Crippen molar-refractivity contribution in [3.8, 4) is 0 Å². The molecule has 84 valence electrons. The highest BCUT2D eigenvalue weighted by molar-refractivity contribution is 5.05. The fourth-order valence-electron chi connectivity index (χ4n) is 2.50. The zero-order chi connectivity index (χ0) is 10.5. The predicted octanol–water partition coefficient (Wildman–Crippen LogP) is 2.70. The molecule has 2 rings (SSSR count). The van der Waals surface area contributed by atoms with Crippen LogP contribution in [0.15, 0.2) is 18.3 Å². The molecular formula is C13H22N2. The third kappa shape index (κ3) is 3.10. The monoisotopic (exact) mass is 206 g/mol. The quantitative estimate of drug-likeness (QED) is 0.733. The summed E-state index contributed by atoms with van der Waals surface area (Å²) >= 11 is 0. The summed E-state index contributed by atoms with van der Waals surface area (Å²) in [4.78, 5) is 0. The number of nitrogens with zero attached hydrogens (tertiary/aromatic N) is 1. The Bertz CT molecular complexity index is 284. The molecule has 0 aromatic carbocycles. The third-order valence-corrected chi connectivity index (χ3v) is 3.56. The largest absolute Gasteiger partial charge is 0.353 e. The van der Waals surface area contributed by atoms with Crippen LogP contribution in [-0.4, -0.2) is 11.1 Å². The van der Waals surface area contributed by atoms with Crippen molar-refractivity contribution in [2.75, 3.05) is 6.54 Å². The molecule has 0 spiro atoms. The van der Waals surface area contributed by atoms with Gasteiger partial charge in [-0.25, -0.2) is 0 Å². The number of hydrogen-bond donors (Lipinski definition) is 1. The summed E-state index contributed by atoms with van der Waals surface area (Å²) in [5.74, 6) is 1.01. The normalized spacial score (nSPS) is 17.4. The summed E-state index contributed by atoms with van der Waals surface area (Å²) in [6.45, 7) is 2.19. The van der Waals surface area contributed by atoms with E-state index >= 15 is 0 Å². The van der Waals surface area contributed by atoms with Gasteiger partial charge in [0.2, 0.25) is 0 Å². The van der Waals surface area contributed by atoms with E-state index in [1.165, 1.54) is 44.3 Å². The first-order chi connectivity index (χ1) is 7.36. The van der Waals surface area contributed by atoms with Gasteiger partial charge in [0, 0.05) is 25.5 Å². The Kier molecular flexibility index (Phi) is 3.84. The van der Waals surface area contributed by atoms with Gasteiger partial charge in [-0.3, -0.25) is 0 Å². The van der Waals surface area contributed by atoms with E-state index < -0.39 is 0 Å². The molecule has 15 heavy (non-hydrogen) atoms. The van der Waals surface area contributed by atoms with Crippen molar-refractivity contribution >= 4 is 0 Å². The molecule has 0 unspecified atom stereocenters. The summed E-state index contributed by atoms with van der Waals surface area (Å²) in [6, 6.07) is 4.29. The van der Waals surface area contributed by atoms with Crippen molar-refractivity contribution in [1.82, 2.24) is 9.88 Å². The lowest BCUT2D eigenvalue weighted by molar-refractivity contribution is 0.474. The standard InChI is InChI=1S/C13H22N2/c1-15-10-4-7-13(15)11-14-9-8-12-5-2-3-6-12/h4,7,10,12,14H,2-3,5-6,8-9,11H2,1H3. The highest BCUT2D eigenvalue weighted by atomic mass is 15.0. The van der Waals surface area contributed by atoms with Crippen molar-refractivity contribution < 1.29 is 0 Å². The van der Waals surface area contributed by atoms with Crippen LogP contribution >= 0.6 is 0 Å². The number of nitrogens with one attached hydrogen (secondary N) is 1. The van der Waals surface area contributed by atoms with Crippen LogP contribution in [0, 0.1) is 5.92 Å². The lowest BCUT2D eigenvalue weighted by Gasteiger charge is -2.10. The molecule has 0 atom stereocenters. The van der Waals surface area contributed by atoms with Crippen LogP contribution in [0.5, 0.6) is 0 Å². The van der Waals surface area contributed by atoms with E-state index in [-0.39, 0.29) is 0 Å². The van der Waals surface area contributed by atoms with Gasteiger partial charge in [-0.1, -0.05) is 25.7 Å². The van der Waals surface area contributed by atoms with Gasteiger partial charge < -0.3 is 9.88 Å². The Labute approximate surface area is 92.7 Å². The summed E-state index contributed by atoms with van der Waals surface area (Å²) in [5.41, 5.74) is 1.38. The van der Waals surface area contributed by atoms with Gasteiger partial charge in [0.1, 0.15) is 0 Å². The van der Waals surface area contributed by atoms with E-state index in [0.29, 0.717) is 0 Å². The Morgan fingerprint density at radius 3 is 2.87 bits per heavy atom. The van der Waals surface area contributed by atoms with Gasteiger partial charge in [0.25, 0.3) is 0 Å². The first kappa shape index (κ1) is 10.7. The molecule has 2 nitrogen and oxygen atoms in total. The Morgan fingerprint density at radius 2 is 2.20 bits per heavy atom. The van der Waals surface area contributed by atoms with E-state index in [1.807, 2.05) is 0 Å². The fourth-order valence-corrected chi connectivity index (χ4v) is 2.50. The topological polar surface area (TPSA) is 17.0 Å². The lowest BCUT2D eigenvalue weighted by Crippen LogP contribution is -2.18. The Hall–Kier alpha value is -0.760. The Morgan fingerprint density at radius 1 is 1.40 bits per heavy atom. The molecule has 1 heterocycles. The van der Waals surface area contributed by atoms with E-state index in [0.717, 1.165) is 12.5 Å². The second-order valence-electron chi connectivity index (χ2n) is 4.73. The van der Waals surface area contributed by atoms with Gasteiger partial charge in [0.15, 0.2) is 0 Å². The fraction of sp³-hybridized carbons (Fsp3) is 0.692. The minimum Gasteiger partial charge on any atom is -0.353 e. The number of aromatic nitrogens is 1. The maximum atomic E-state index is 3.53. The average Bonchev–Trinajstić information content (AvgIpc) is 2.85. The molecule has 1 N–H and O–H groups in total. The average molecular weight is 206 g/mol. The molecular weight excluding hydrogens is 184 g/mol. The molecule has 1 aliphatic rings. The molecule has 0 saturated heterocycles. The van der Waals surface area contributed by atoms with Crippen molar-refractivity contribution in [1.29, 1.82) is 0 Å². The number of hydrogen-bond acceptors (Lipinski definition) is 1. The molecule has 1 aromatic rings. The summed E-state index contributed by atoms with van der Waals surface area (Å²) in [7, 11) is 2.11. The third-order valence-electron chi connectivity index (χ3n) is 3.56. The molecule has 0 bridgehead atoms. The zero-order valence-electron chi connectivity index (χ0n) is 9.71. The predicted molar refractivity (Wildman–Crippen MR) is 63.7 cm³/mol. The lowest BCUT2D eigenvalue weighted by atomic mass is 10.0. The van der Waals surface area contributed by atoms with Crippen LogP contribution in [0.4, 0.5) is 0 Å². The van der Waals surface area contributed by atoms with Gasteiger partial charge in [-0.2, -0.15) is 0 Å². The highest BCUT2D eigenvalue weighted by Gasteiger charge is 2.13. The number of rotatable bonds is 5. The van der Waals surface area contributed by atoms with Crippen LogP contribution < -0.4 is 5.32 Å². The van der Waals surface area contributed by atoms with E-state index in [9.17, 15) is 0 Å².